The van der Waals surface area contributed by atoms with Crippen LogP contribution >= 0.6 is 7.82 Å². The van der Waals surface area contributed by atoms with Crippen molar-refractivity contribution in [1.29, 1.82) is 0 Å². The Balaban J connectivity index is 2.56. The number of carbonyl (C=O) groups is 1. The number of phosphoric acid groups is 1. The highest BCUT2D eigenvalue weighted by Gasteiger charge is 2.51. The van der Waals surface area contributed by atoms with E-state index in [1.807, 2.05) is 0 Å². The summed E-state index contributed by atoms with van der Waals surface area (Å²) < 4.78 is 22.8. The number of rotatable bonds is 36. The van der Waals surface area contributed by atoms with Crippen LogP contribution in [-0.2, 0) is 18.4 Å². The number of hydrogen-bond donors (Lipinski definition) is 9. The molecular formula is C44H82NO12P. The molecule has 0 bridgehead atoms. The van der Waals surface area contributed by atoms with Gasteiger partial charge in [-0.1, -0.05) is 159 Å². The fourth-order valence-electron chi connectivity index (χ4n) is 6.98. The van der Waals surface area contributed by atoms with Gasteiger partial charge in [-0.2, -0.15) is 0 Å². The highest BCUT2D eigenvalue weighted by molar-refractivity contribution is 7.47. The third kappa shape index (κ3) is 26.0. The lowest BCUT2D eigenvalue weighted by Gasteiger charge is -2.41. The fraction of sp³-hybridized carbons (Fsp3) is 0.841. The second-order valence-corrected chi connectivity index (χ2v) is 17.5. The lowest BCUT2D eigenvalue weighted by atomic mass is 9.85. The van der Waals surface area contributed by atoms with Crippen molar-refractivity contribution in [2.75, 3.05) is 6.61 Å². The minimum Gasteiger partial charge on any atom is -0.393 e. The highest BCUT2D eigenvalue weighted by atomic mass is 31.2. The molecule has 1 aliphatic carbocycles. The summed E-state index contributed by atoms with van der Waals surface area (Å²) >= 11 is 0. The standard InChI is InChI=1S/C44H82NO12P/c1-3-5-7-9-11-12-13-14-15-16-17-18-19-20-21-22-23-24-26-28-30-32-37(47)36(45-38(48)33-35(46)31-29-27-25-10-8-6-4-2)34-56-58(54,55)57-44-42(52)40(50)39(49)41(51)43(44)53/h19-20,23-24,30,32,35-37,39-44,46-47,49-53H,3-18,21-22,25-29,31,33-34H2,1-2H3,(H,45,48)(H,54,55)/b20-19+,24-23+,32-30+. The quantitative estimate of drug-likeness (QED) is 0.0177. The van der Waals surface area contributed by atoms with Gasteiger partial charge in [0, 0.05) is 0 Å². The van der Waals surface area contributed by atoms with Crippen LogP contribution in [0.3, 0.4) is 0 Å². The number of phosphoric ester groups is 1. The third-order valence-electron chi connectivity index (χ3n) is 10.7. The van der Waals surface area contributed by atoms with Crippen LogP contribution in [0.5, 0.6) is 0 Å². The van der Waals surface area contributed by atoms with Crippen LogP contribution in [0, 0.1) is 0 Å². The normalized spacial score (nSPS) is 24.1. The summed E-state index contributed by atoms with van der Waals surface area (Å²) in [6, 6.07) is -1.26. The molecule has 340 valence electrons. The van der Waals surface area contributed by atoms with E-state index in [-0.39, 0.29) is 6.42 Å². The second-order valence-electron chi connectivity index (χ2n) is 16.1. The Labute approximate surface area is 349 Å². The van der Waals surface area contributed by atoms with Gasteiger partial charge in [0.05, 0.1) is 31.3 Å². The average Bonchev–Trinajstić information content (AvgIpc) is 3.19. The molecule has 0 radical (unpaired) electrons. The molecule has 0 spiro atoms. The predicted molar refractivity (Wildman–Crippen MR) is 229 cm³/mol. The van der Waals surface area contributed by atoms with Crippen molar-refractivity contribution in [3.05, 3.63) is 36.5 Å². The molecule has 0 saturated heterocycles. The summed E-state index contributed by atoms with van der Waals surface area (Å²) in [7, 11) is -5.14. The van der Waals surface area contributed by atoms with Crippen LogP contribution in [-0.4, -0.2) is 108 Å². The minimum absolute atomic E-state index is 0.256. The van der Waals surface area contributed by atoms with Gasteiger partial charge in [-0.3, -0.25) is 13.8 Å². The first-order valence-electron chi connectivity index (χ1n) is 22.5. The van der Waals surface area contributed by atoms with Gasteiger partial charge in [0.25, 0.3) is 0 Å². The van der Waals surface area contributed by atoms with Crippen molar-refractivity contribution >= 4 is 13.7 Å². The third-order valence-corrected chi connectivity index (χ3v) is 11.7. The van der Waals surface area contributed by atoms with Gasteiger partial charge in [-0.25, -0.2) is 4.57 Å². The number of hydrogen-bond acceptors (Lipinski definition) is 11. The molecule has 58 heavy (non-hydrogen) atoms. The van der Waals surface area contributed by atoms with Crippen LogP contribution in [0.4, 0.5) is 0 Å². The van der Waals surface area contributed by atoms with Gasteiger partial charge in [-0.15, -0.1) is 0 Å². The molecule has 0 aromatic heterocycles. The van der Waals surface area contributed by atoms with Crippen molar-refractivity contribution in [3.63, 3.8) is 0 Å². The molecular weight excluding hydrogens is 765 g/mol. The molecule has 0 aromatic rings. The first kappa shape index (κ1) is 54.5. The molecule has 1 saturated carbocycles. The van der Waals surface area contributed by atoms with Crippen LogP contribution in [0.25, 0.3) is 0 Å². The number of amides is 1. The molecule has 1 aliphatic rings. The SMILES string of the molecule is CCCCCCCCCCCCC/C=C/CC/C=C/CC/C=C/C(O)C(COP(=O)(O)OC1C(O)C(O)C(O)C(O)C1O)NC(=O)CC(O)CCCCCCCCC. The Morgan fingerprint density at radius 3 is 1.52 bits per heavy atom. The zero-order valence-electron chi connectivity index (χ0n) is 35.7. The fourth-order valence-corrected chi connectivity index (χ4v) is 7.94. The highest BCUT2D eigenvalue weighted by Crippen LogP contribution is 2.47. The molecule has 1 amide bonds. The van der Waals surface area contributed by atoms with Crippen LogP contribution in [0.2, 0.25) is 0 Å². The number of nitrogens with one attached hydrogen (secondary N) is 1. The number of unbranched alkanes of at least 4 members (excludes halogenated alkanes) is 19. The maximum Gasteiger partial charge on any atom is 0.472 e. The van der Waals surface area contributed by atoms with Gasteiger partial charge < -0.3 is 46.0 Å². The first-order chi connectivity index (χ1) is 27.8. The molecule has 9 N–H and O–H groups in total. The minimum atomic E-state index is -5.14. The molecule has 8 unspecified atom stereocenters. The summed E-state index contributed by atoms with van der Waals surface area (Å²) in [5.41, 5.74) is 0. The maximum atomic E-state index is 12.9. The molecule has 1 rings (SSSR count). The van der Waals surface area contributed by atoms with E-state index in [0.29, 0.717) is 19.3 Å². The van der Waals surface area contributed by atoms with E-state index in [1.54, 1.807) is 6.08 Å². The van der Waals surface area contributed by atoms with Gasteiger partial charge >= 0.3 is 7.82 Å². The molecule has 13 nitrogen and oxygen atoms in total. The summed E-state index contributed by atoms with van der Waals surface area (Å²) in [6.07, 6.45) is 24.2. The smallest absolute Gasteiger partial charge is 0.393 e. The number of aliphatic hydroxyl groups excluding tert-OH is 7. The van der Waals surface area contributed by atoms with Crippen molar-refractivity contribution in [1.82, 2.24) is 5.32 Å². The number of carbonyl (C=O) groups excluding carboxylic acids is 1. The first-order valence-corrected chi connectivity index (χ1v) is 24.0. The van der Waals surface area contributed by atoms with Gasteiger partial charge in [-0.05, 0) is 44.9 Å². The van der Waals surface area contributed by atoms with Crippen molar-refractivity contribution in [2.45, 2.75) is 229 Å². The largest absolute Gasteiger partial charge is 0.472 e. The van der Waals surface area contributed by atoms with E-state index in [4.69, 9.17) is 9.05 Å². The van der Waals surface area contributed by atoms with Crippen molar-refractivity contribution in [3.8, 4) is 0 Å². The summed E-state index contributed by atoms with van der Waals surface area (Å²) in [5.74, 6) is -0.612. The van der Waals surface area contributed by atoms with Crippen LogP contribution in [0.15, 0.2) is 36.5 Å². The molecule has 0 aliphatic heterocycles. The Hall–Kier alpha value is -1.48. The summed E-state index contributed by atoms with van der Waals surface area (Å²) in [5, 5.41) is 74.1. The van der Waals surface area contributed by atoms with Crippen LogP contribution in [0.1, 0.15) is 174 Å². The van der Waals surface area contributed by atoms with Gasteiger partial charge in [0.2, 0.25) is 5.91 Å². The monoisotopic (exact) mass is 848 g/mol. The Morgan fingerprint density at radius 1 is 0.603 bits per heavy atom. The Morgan fingerprint density at radius 2 is 1.02 bits per heavy atom. The second kappa shape index (κ2) is 34.1. The zero-order chi connectivity index (χ0) is 43.0. The zero-order valence-corrected chi connectivity index (χ0v) is 36.6. The molecule has 1 fully saturated rings. The van der Waals surface area contributed by atoms with Crippen molar-refractivity contribution < 1.29 is 59.0 Å². The number of aliphatic hydroxyl groups is 7. The van der Waals surface area contributed by atoms with E-state index >= 15 is 0 Å². The predicted octanol–water partition coefficient (Wildman–Crippen LogP) is 6.97. The van der Waals surface area contributed by atoms with E-state index in [0.717, 1.165) is 51.4 Å². The Bertz CT molecular complexity index is 1140. The van der Waals surface area contributed by atoms with Crippen molar-refractivity contribution in [2.24, 2.45) is 0 Å². The topological polar surface area (TPSA) is 226 Å². The lowest BCUT2D eigenvalue weighted by molar-refractivity contribution is -0.220. The number of allylic oxidation sites excluding steroid dienone is 5. The van der Waals surface area contributed by atoms with E-state index in [2.05, 4.69) is 43.5 Å². The van der Waals surface area contributed by atoms with E-state index < -0.39 is 75.2 Å². The van der Waals surface area contributed by atoms with Gasteiger partial charge in [0.15, 0.2) is 0 Å². The van der Waals surface area contributed by atoms with Crippen LogP contribution < -0.4 is 5.32 Å². The van der Waals surface area contributed by atoms with Gasteiger partial charge in [0.1, 0.15) is 36.6 Å². The lowest BCUT2D eigenvalue weighted by Crippen LogP contribution is -2.64. The van der Waals surface area contributed by atoms with E-state index in [1.165, 1.54) is 89.5 Å². The molecule has 0 heterocycles. The summed E-state index contributed by atoms with van der Waals surface area (Å²) in [6.45, 7) is 3.66. The maximum absolute atomic E-state index is 12.9. The summed E-state index contributed by atoms with van der Waals surface area (Å²) in [4.78, 5) is 23.3. The van der Waals surface area contributed by atoms with E-state index in [9.17, 15) is 50.0 Å². The Kier molecular flexibility index (Phi) is 32.1. The molecule has 8 atom stereocenters. The average molecular weight is 848 g/mol. The molecule has 14 heteroatoms. The molecule has 0 aromatic carbocycles.